The van der Waals surface area contributed by atoms with Crippen LogP contribution >= 0.6 is 0 Å². The number of carbonyl (C=O) groups excluding carboxylic acids is 1. The van der Waals surface area contributed by atoms with Crippen molar-refractivity contribution in [3.63, 3.8) is 0 Å². The molecule has 3 rings (SSSR count). The summed E-state index contributed by atoms with van der Waals surface area (Å²) in [7, 11) is 1.38. The van der Waals surface area contributed by atoms with Crippen LogP contribution in [0.5, 0.6) is 5.75 Å². The van der Waals surface area contributed by atoms with Crippen LogP contribution in [0, 0.1) is 0 Å². The number of nitrogens with two attached hydrogens (primary N) is 1. The van der Waals surface area contributed by atoms with Crippen molar-refractivity contribution < 1.29 is 32.6 Å². The summed E-state index contributed by atoms with van der Waals surface area (Å²) < 4.78 is 45.2. The summed E-state index contributed by atoms with van der Waals surface area (Å²) in [5.41, 5.74) is 5.34. The molecule has 0 aromatic heterocycles. The average molecular weight is 452 g/mol. The van der Waals surface area contributed by atoms with Crippen molar-refractivity contribution >= 4 is 12.0 Å². The maximum Gasteiger partial charge on any atom is 0.416 e. The first-order chi connectivity index (χ1) is 15.0. The molecule has 0 heterocycles. The third kappa shape index (κ3) is 6.15. The molecule has 2 aromatic carbocycles. The third-order valence-corrected chi connectivity index (χ3v) is 5.01. The highest BCUT2D eigenvalue weighted by atomic mass is 19.4. The number of methoxy groups -OCH3 is 1. The maximum absolute atomic E-state index is 13.3. The standard InChI is InChI=1S/C20H21F3N2O4.C3H6/c1-4-25(19(27)28)11(2)15-10-13(20(21,22)23)6-7-14(15)16-9-12(18(24)26)5-8-17(16)29-3;1-2-3-1/h5-11H,4H2,1-3H3,(H2,24,26)(H,27,28);1-3H2. The van der Waals surface area contributed by atoms with Crippen LogP contribution < -0.4 is 10.5 Å². The molecule has 0 saturated heterocycles. The zero-order valence-electron chi connectivity index (χ0n) is 18.2. The predicted molar refractivity (Wildman–Crippen MR) is 115 cm³/mol. The highest BCUT2D eigenvalue weighted by Crippen LogP contribution is 2.40. The van der Waals surface area contributed by atoms with Crippen LogP contribution in [0.4, 0.5) is 18.0 Å². The van der Waals surface area contributed by atoms with E-state index in [1.54, 1.807) is 6.92 Å². The number of benzene rings is 2. The van der Waals surface area contributed by atoms with E-state index in [0.29, 0.717) is 16.9 Å². The summed E-state index contributed by atoms with van der Waals surface area (Å²) in [6.07, 6.45) is -1.37. The first-order valence-corrected chi connectivity index (χ1v) is 10.2. The van der Waals surface area contributed by atoms with E-state index in [0.717, 1.165) is 17.0 Å². The van der Waals surface area contributed by atoms with E-state index in [1.165, 1.54) is 57.6 Å². The molecule has 0 bridgehead atoms. The van der Waals surface area contributed by atoms with Gasteiger partial charge in [0.1, 0.15) is 5.75 Å². The van der Waals surface area contributed by atoms with Crippen LogP contribution in [0.25, 0.3) is 11.1 Å². The highest BCUT2D eigenvalue weighted by molar-refractivity contribution is 5.95. The quantitative estimate of drug-likeness (QED) is 0.587. The molecule has 2 amide bonds. The minimum Gasteiger partial charge on any atom is -0.496 e. The number of rotatable bonds is 6. The predicted octanol–water partition coefficient (Wildman–Crippen LogP) is 5.71. The lowest BCUT2D eigenvalue weighted by Gasteiger charge is -2.28. The second-order valence-electron chi connectivity index (χ2n) is 7.38. The Hall–Kier alpha value is -3.23. The molecule has 1 unspecified atom stereocenters. The molecule has 1 saturated carbocycles. The molecule has 9 heteroatoms. The number of alkyl halides is 3. The maximum atomic E-state index is 13.3. The minimum absolute atomic E-state index is 0.0741. The lowest BCUT2D eigenvalue weighted by molar-refractivity contribution is -0.137. The van der Waals surface area contributed by atoms with Gasteiger partial charge in [0.25, 0.3) is 0 Å². The van der Waals surface area contributed by atoms with Crippen LogP contribution in [0.15, 0.2) is 36.4 Å². The van der Waals surface area contributed by atoms with Crippen molar-refractivity contribution in [2.24, 2.45) is 5.73 Å². The van der Waals surface area contributed by atoms with Crippen molar-refractivity contribution in [2.75, 3.05) is 13.7 Å². The second-order valence-corrected chi connectivity index (χ2v) is 7.38. The molecule has 32 heavy (non-hydrogen) atoms. The zero-order chi connectivity index (χ0) is 24.1. The van der Waals surface area contributed by atoms with Crippen molar-refractivity contribution in [2.45, 2.75) is 45.3 Å². The van der Waals surface area contributed by atoms with E-state index < -0.39 is 29.8 Å². The monoisotopic (exact) mass is 452 g/mol. The van der Waals surface area contributed by atoms with E-state index >= 15 is 0 Å². The Kier molecular flexibility index (Phi) is 8.13. The molecule has 0 radical (unpaired) electrons. The Labute approximate surface area is 184 Å². The molecule has 6 nitrogen and oxygen atoms in total. The summed E-state index contributed by atoms with van der Waals surface area (Å²) in [5, 5.41) is 9.43. The number of hydrogen-bond acceptors (Lipinski definition) is 3. The summed E-state index contributed by atoms with van der Waals surface area (Å²) >= 11 is 0. The number of carbonyl (C=O) groups is 2. The molecule has 1 aliphatic carbocycles. The number of nitrogens with zero attached hydrogens (tertiary/aromatic N) is 1. The highest BCUT2D eigenvalue weighted by Gasteiger charge is 2.33. The molecular weight excluding hydrogens is 425 g/mol. The van der Waals surface area contributed by atoms with Gasteiger partial charge in [-0.3, -0.25) is 4.79 Å². The SMILES string of the molecule is C1CC1.CCN(C(=O)O)C(C)c1cc(C(F)(F)F)ccc1-c1cc(C(N)=O)ccc1OC. The van der Waals surface area contributed by atoms with Crippen LogP contribution in [-0.2, 0) is 6.18 Å². The van der Waals surface area contributed by atoms with Crippen molar-refractivity contribution in [3.05, 3.63) is 53.1 Å². The Morgan fingerprint density at radius 3 is 2.19 bits per heavy atom. The van der Waals surface area contributed by atoms with Crippen LogP contribution in [0.2, 0.25) is 0 Å². The van der Waals surface area contributed by atoms with Gasteiger partial charge in [-0.1, -0.05) is 25.3 Å². The largest absolute Gasteiger partial charge is 0.496 e. The van der Waals surface area contributed by atoms with Gasteiger partial charge in [-0.25, -0.2) is 4.79 Å². The summed E-state index contributed by atoms with van der Waals surface area (Å²) in [6, 6.07) is 6.51. The Bertz CT molecular complexity index is 971. The fraction of sp³-hybridized carbons (Fsp3) is 0.391. The van der Waals surface area contributed by atoms with Gasteiger partial charge in [0.15, 0.2) is 0 Å². The molecule has 3 N–H and O–H groups in total. The number of halogens is 3. The average Bonchev–Trinajstić information content (AvgIpc) is 3.61. The van der Waals surface area contributed by atoms with Gasteiger partial charge < -0.3 is 20.5 Å². The van der Waals surface area contributed by atoms with Gasteiger partial charge in [-0.2, -0.15) is 13.2 Å². The molecule has 174 valence electrons. The van der Waals surface area contributed by atoms with E-state index in [4.69, 9.17) is 10.5 Å². The van der Waals surface area contributed by atoms with Crippen molar-refractivity contribution in [3.8, 4) is 16.9 Å². The molecule has 1 fully saturated rings. The van der Waals surface area contributed by atoms with Crippen molar-refractivity contribution in [1.29, 1.82) is 0 Å². The second kappa shape index (κ2) is 10.4. The number of ether oxygens (including phenoxy) is 1. The van der Waals surface area contributed by atoms with Crippen LogP contribution in [0.3, 0.4) is 0 Å². The number of primary amides is 1. The van der Waals surface area contributed by atoms with Crippen LogP contribution in [0.1, 0.15) is 60.6 Å². The Morgan fingerprint density at radius 1 is 1.12 bits per heavy atom. The third-order valence-electron chi connectivity index (χ3n) is 5.01. The zero-order valence-corrected chi connectivity index (χ0v) is 18.2. The van der Waals surface area contributed by atoms with E-state index in [-0.39, 0.29) is 17.7 Å². The van der Waals surface area contributed by atoms with Gasteiger partial charge in [-0.15, -0.1) is 0 Å². The first-order valence-electron chi connectivity index (χ1n) is 10.2. The number of hydrogen-bond donors (Lipinski definition) is 2. The Balaban J connectivity index is 0.00000111. The molecule has 1 atom stereocenters. The fourth-order valence-corrected chi connectivity index (χ4v) is 3.14. The molecule has 0 aliphatic heterocycles. The fourth-order valence-electron chi connectivity index (χ4n) is 3.14. The molecular formula is C23H27F3N2O4. The normalized spacial score (nSPS) is 13.4. The van der Waals surface area contributed by atoms with E-state index in [2.05, 4.69) is 0 Å². The van der Waals surface area contributed by atoms with Crippen LogP contribution in [-0.4, -0.2) is 35.7 Å². The van der Waals surface area contributed by atoms with Gasteiger partial charge in [-0.05, 0) is 55.3 Å². The van der Waals surface area contributed by atoms with Crippen molar-refractivity contribution in [1.82, 2.24) is 4.90 Å². The first kappa shape index (κ1) is 25.0. The van der Waals surface area contributed by atoms with E-state index in [9.17, 15) is 27.9 Å². The van der Waals surface area contributed by atoms with Gasteiger partial charge in [0.05, 0.1) is 18.7 Å². The lowest BCUT2D eigenvalue weighted by Crippen LogP contribution is -2.32. The lowest BCUT2D eigenvalue weighted by atomic mass is 9.91. The summed E-state index contributed by atoms with van der Waals surface area (Å²) in [6.45, 7) is 3.16. The minimum atomic E-state index is -4.60. The molecule has 1 aliphatic rings. The molecule has 0 spiro atoms. The summed E-state index contributed by atoms with van der Waals surface area (Å²) in [4.78, 5) is 24.2. The Morgan fingerprint density at radius 2 is 1.75 bits per heavy atom. The van der Waals surface area contributed by atoms with E-state index in [1.807, 2.05) is 0 Å². The van der Waals surface area contributed by atoms with Gasteiger partial charge in [0.2, 0.25) is 5.91 Å². The number of carboxylic acid groups (broad SMARTS) is 1. The molecule has 2 aromatic rings. The topological polar surface area (TPSA) is 92.9 Å². The number of amides is 2. The van der Waals surface area contributed by atoms with Gasteiger partial charge in [0, 0.05) is 17.7 Å². The smallest absolute Gasteiger partial charge is 0.416 e. The summed E-state index contributed by atoms with van der Waals surface area (Å²) in [5.74, 6) is -0.405. The van der Waals surface area contributed by atoms with Gasteiger partial charge >= 0.3 is 12.3 Å².